The smallest absolute Gasteiger partial charge is 0.335 e. The number of imide groups is 2. The molecular formula is C25H27FN2O4. The zero-order valence-corrected chi connectivity index (χ0v) is 18.1. The van der Waals surface area contributed by atoms with Gasteiger partial charge in [0.2, 0.25) is 0 Å². The first-order valence-electron chi connectivity index (χ1n) is 10.9. The molecule has 168 valence electrons. The predicted molar refractivity (Wildman–Crippen MR) is 121 cm³/mol. The van der Waals surface area contributed by atoms with E-state index in [1.807, 2.05) is 0 Å². The summed E-state index contributed by atoms with van der Waals surface area (Å²) in [7, 11) is 0. The maximum Gasteiger partial charge on any atom is 0.335 e. The molecule has 0 aromatic heterocycles. The number of unbranched alkanes of at least 4 members (excludes halogenated alkanes) is 5. The third kappa shape index (κ3) is 6.03. The third-order valence-electron chi connectivity index (χ3n) is 5.14. The number of urea groups is 1. The van der Waals surface area contributed by atoms with Gasteiger partial charge < -0.3 is 4.74 Å². The molecule has 7 heteroatoms. The normalized spacial score (nSPS) is 15.2. The van der Waals surface area contributed by atoms with Crippen LogP contribution in [0.4, 0.5) is 14.9 Å². The van der Waals surface area contributed by atoms with Crippen LogP contribution >= 0.6 is 0 Å². The Balaban J connectivity index is 1.63. The molecule has 1 N–H and O–H groups in total. The van der Waals surface area contributed by atoms with Crippen molar-refractivity contribution in [1.82, 2.24) is 5.32 Å². The van der Waals surface area contributed by atoms with Gasteiger partial charge in [-0.3, -0.25) is 14.9 Å². The topological polar surface area (TPSA) is 75.7 Å². The Morgan fingerprint density at radius 3 is 2.25 bits per heavy atom. The average molecular weight is 438 g/mol. The Bertz CT molecular complexity index is 984. The predicted octanol–water partition coefficient (Wildman–Crippen LogP) is 5.23. The summed E-state index contributed by atoms with van der Waals surface area (Å²) in [4.78, 5) is 38.1. The van der Waals surface area contributed by atoms with Gasteiger partial charge in [0.25, 0.3) is 11.8 Å². The maximum absolute atomic E-state index is 13.2. The number of halogens is 1. The molecule has 2 aromatic carbocycles. The monoisotopic (exact) mass is 438 g/mol. The Morgan fingerprint density at radius 2 is 1.56 bits per heavy atom. The molecule has 2 aromatic rings. The van der Waals surface area contributed by atoms with E-state index in [0.717, 1.165) is 29.9 Å². The molecule has 0 spiro atoms. The van der Waals surface area contributed by atoms with Crippen molar-refractivity contribution in [1.29, 1.82) is 0 Å². The van der Waals surface area contributed by atoms with Crippen LogP contribution in [0, 0.1) is 5.82 Å². The molecule has 0 aliphatic carbocycles. The molecule has 0 atom stereocenters. The molecule has 0 saturated carbocycles. The molecule has 4 amide bonds. The quantitative estimate of drug-likeness (QED) is 0.313. The number of anilines is 1. The van der Waals surface area contributed by atoms with E-state index < -0.39 is 23.7 Å². The highest BCUT2D eigenvalue weighted by molar-refractivity contribution is 6.39. The number of carbonyl (C=O) groups excluding carboxylic acids is 3. The maximum atomic E-state index is 13.2. The number of amides is 4. The van der Waals surface area contributed by atoms with Crippen LogP contribution in [0.15, 0.2) is 54.1 Å². The Hall–Kier alpha value is -3.48. The minimum absolute atomic E-state index is 0.172. The Labute approximate surface area is 187 Å². The van der Waals surface area contributed by atoms with E-state index in [4.69, 9.17) is 4.74 Å². The molecule has 0 unspecified atom stereocenters. The summed E-state index contributed by atoms with van der Waals surface area (Å²) in [6, 6.07) is 11.0. The lowest BCUT2D eigenvalue weighted by atomic mass is 10.1. The van der Waals surface area contributed by atoms with Crippen molar-refractivity contribution in [3.63, 3.8) is 0 Å². The van der Waals surface area contributed by atoms with Gasteiger partial charge >= 0.3 is 6.03 Å². The second kappa shape index (κ2) is 11.2. The van der Waals surface area contributed by atoms with E-state index >= 15 is 0 Å². The van der Waals surface area contributed by atoms with Gasteiger partial charge in [0.05, 0.1) is 12.3 Å². The van der Waals surface area contributed by atoms with Crippen LogP contribution in [0.5, 0.6) is 5.75 Å². The minimum atomic E-state index is -0.873. The first-order chi connectivity index (χ1) is 15.5. The number of benzene rings is 2. The first kappa shape index (κ1) is 23.2. The highest BCUT2D eigenvalue weighted by Crippen LogP contribution is 2.23. The van der Waals surface area contributed by atoms with Gasteiger partial charge in [-0.25, -0.2) is 14.1 Å². The van der Waals surface area contributed by atoms with Crippen LogP contribution < -0.4 is 15.0 Å². The molecule has 32 heavy (non-hydrogen) atoms. The summed E-state index contributed by atoms with van der Waals surface area (Å²) in [6.45, 7) is 2.84. The van der Waals surface area contributed by atoms with Crippen molar-refractivity contribution in [2.45, 2.75) is 45.4 Å². The van der Waals surface area contributed by atoms with E-state index in [1.54, 1.807) is 24.3 Å². The van der Waals surface area contributed by atoms with E-state index in [0.29, 0.717) is 17.9 Å². The van der Waals surface area contributed by atoms with Gasteiger partial charge in [-0.2, -0.15) is 0 Å². The number of barbiturate groups is 1. The van der Waals surface area contributed by atoms with Gasteiger partial charge in [0.1, 0.15) is 17.1 Å². The number of hydrogen-bond acceptors (Lipinski definition) is 4. The lowest BCUT2D eigenvalue weighted by Gasteiger charge is -2.26. The summed E-state index contributed by atoms with van der Waals surface area (Å²) >= 11 is 0. The minimum Gasteiger partial charge on any atom is -0.494 e. The number of hydrogen-bond donors (Lipinski definition) is 1. The molecule has 1 fully saturated rings. The van der Waals surface area contributed by atoms with Crippen molar-refractivity contribution < 1.29 is 23.5 Å². The van der Waals surface area contributed by atoms with Crippen LogP contribution in [0.1, 0.15) is 51.0 Å². The first-order valence-corrected chi connectivity index (χ1v) is 10.9. The highest BCUT2D eigenvalue weighted by Gasteiger charge is 2.36. The van der Waals surface area contributed by atoms with Crippen molar-refractivity contribution in [2.75, 3.05) is 11.5 Å². The van der Waals surface area contributed by atoms with Crippen LogP contribution in [-0.4, -0.2) is 24.5 Å². The molecule has 1 saturated heterocycles. The molecule has 0 radical (unpaired) electrons. The van der Waals surface area contributed by atoms with Gasteiger partial charge in [-0.1, -0.05) is 51.2 Å². The van der Waals surface area contributed by atoms with Crippen LogP contribution in [0.3, 0.4) is 0 Å². The van der Waals surface area contributed by atoms with Crippen molar-refractivity contribution in [3.8, 4) is 5.75 Å². The molecule has 1 aliphatic heterocycles. The molecule has 1 heterocycles. The van der Waals surface area contributed by atoms with Gasteiger partial charge in [-0.05, 0) is 54.5 Å². The number of nitrogens with zero attached hydrogens (tertiary/aromatic N) is 1. The Morgan fingerprint density at radius 1 is 0.906 bits per heavy atom. The lowest BCUT2D eigenvalue weighted by molar-refractivity contribution is -0.122. The van der Waals surface area contributed by atoms with Gasteiger partial charge in [-0.15, -0.1) is 0 Å². The standard InChI is InChI=1S/C25H27FN2O4/c1-2-3-4-5-6-7-16-32-21-14-8-18(9-15-21)17-22-23(29)27-25(31)28(24(22)30)20-12-10-19(26)11-13-20/h8-15,17H,2-7,16H2,1H3,(H,27,29,31). The second-order valence-corrected chi connectivity index (χ2v) is 7.62. The largest absolute Gasteiger partial charge is 0.494 e. The third-order valence-corrected chi connectivity index (χ3v) is 5.14. The van der Waals surface area contributed by atoms with Crippen LogP contribution in [-0.2, 0) is 9.59 Å². The highest BCUT2D eigenvalue weighted by atomic mass is 19.1. The van der Waals surface area contributed by atoms with Gasteiger partial charge in [0, 0.05) is 0 Å². The fourth-order valence-corrected chi connectivity index (χ4v) is 3.38. The average Bonchev–Trinajstić information content (AvgIpc) is 2.78. The fraction of sp³-hybridized carbons (Fsp3) is 0.320. The van der Waals surface area contributed by atoms with Crippen LogP contribution in [0.25, 0.3) is 6.08 Å². The molecule has 6 nitrogen and oxygen atoms in total. The lowest BCUT2D eigenvalue weighted by Crippen LogP contribution is -2.54. The molecule has 3 rings (SSSR count). The summed E-state index contributed by atoms with van der Waals surface area (Å²) in [5.74, 6) is -1.33. The molecular weight excluding hydrogens is 411 g/mol. The summed E-state index contributed by atoms with van der Waals surface area (Å²) in [5, 5.41) is 2.15. The second-order valence-electron chi connectivity index (χ2n) is 7.62. The summed E-state index contributed by atoms with van der Waals surface area (Å²) in [6.07, 6.45) is 8.54. The number of ether oxygens (including phenoxy) is 1. The SMILES string of the molecule is CCCCCCCCOc1ccc(C=C2C(=O)NC(=O)N(c3ccc(F)cc3)C2=O)cc1. The fourth-order valence-electron chi connectivity index (χ4n) is 3.38. The zero-order valence-electron chi connectivity index (χ0n) is 18.1. The number of carbonyl (C=O) groups is 3. The van der Waals surface area contributed by atoms with Gasteiger partial charge in [0.15, 0.2) is 0 Å². The van der Waals surface area contributed by atoms with E-state index in [1.165, 1.54) is 43.9 Å². The van der Waals surface area contributed by atoms with Crippen molar-refractivity contribution >= 4 is 29.6 Å². The van der Waals surface area contributed by atoms with E-state index in [9.17, 15) is 18.8 Å². The van der Waals surface area contributed by atoms with Crippen molar-refractivity contribution in [2.24, 2.45) is 0 Å². The summed E-state index contributed by atoms with van der Waals surface area (Å²) < 4.78 is 18.9. The zero-order chi connectivity index (χ0) is 22.9. The molecule has 0 bridgehead atoms. The van der Waals surface area contributed by atoms with E-state index in [2.05, 4.69) is 12.2 Å². The summed E-state index contributed by atoms with van der Waals surface area (Å²) in [5.41, 5.74) is 0.601. The van der Waals surface area contributed by atoms with Crippen molar-refractivity contribution in [3.05, 3.63) is 65.5 Å². The van der Waals surface area contributed by atoms with E-state index in [-0.39, 0.29) is 11.3 Å². The number of rotatable bonds is 10. The number of nitrogens with one attached hydrogen (secondary N) is 1. The van der Waals surface area contributed by atoms with Crippen LogP contribution in [0.2, 0.25) is 0 Å². The molecule has 1 aliphatic rings. The Kier molecular flexibility index (Phi) is 8.14.